The lowest BCUT2D eigenvalue weighted by Gasteiger charge is -2.23. The van der Waals surface area contributed by atoms with Gasteiger partial charge < -0.3 is 10.6 Å². The lowest BCUT2D eigenvalue weighted by atomic mass is 10.2. The molecule has 0 spiro atoms. The second-order valence-electron chi connectivity index (χ2n) is 4.52. The van der Waals surface area contributed by atoms with E-state index in [1.807, 2.05) is 25.3 Å². The zero-order valence-electron chi connectivity index (χ0n) is 11.7. The van der Waals surface area contributed by atoms with Gasteiger partial charge in [0.05, 0.1) is 0 Å². The Morgan fingerprint density at radius 3 is 2.53 bits per heavy atom. The van der Waals surface area contributed by atoms with E-state index < -0.39 is 0 Å². The maximum atomic E-state index is 5.65. The molecule has 19 heavy (non-hydrogen) atoms. The van der Waals surface area contributed by atoms with Gasteiger partial charge in [-0.25, -0.2) is 9.97 Å². The van der Waals surface area contributed by atoms with Gasteiger partial charge in [-0.3, -0.25) is 0 Å². The number of nitrogens with two attached hydrogens (primary N) is 1. The van der Waals surface area contributed by atoms with E-state index in [0.717, 1.165) is 29.4 Å². The Hall–Kier alpha value is -1.94. The van der Waals surface area contributed by atoms with E-state index in [-0.39, 0.29) is 0 Å². The smallest absolute Gasteiger partial charge is 0.230 e. The summed E-state index contributed by atoms with van der Waals surface area (Å²) in [5.74, 6) is 0.728. The number of hydrogen-bond acceptors (Lipinski definition) is 4. The zero-order chi connectivity index (χ0) is 13.8. The Morgan fingerprint density at radius 2 is 1.95 bits per heavy atom. The maximum Gasteiger partial charge on any atom is 0.230 e. The largest absolute Gasteiger partial charge is 0.326 e. The van der Waals surface area contributed by atoms with Gasteiger partial charge >= 0.3 is 0 Å². The highest BCUT2D eigenvalue weighted by molar-refractivity contribution is 5.61. The quantitative estimate of drug-likeness (QED) is 0.913. The summed E-state index contributed by atoms with van der Waals surface area (Å²) >= 11 is 0. The molecule has 0 saturated carbocycles. The molecule has 0 saturated heterocycles. The van der Waals surface area contributed by atoms with Gasteiger partial charge in [0.15, 0.2) is 0 Å². The molecule has 0 amide bonds. The van der Waals surface area contributed by atoms with Gasteiger partial charge in [0.1, 0.15) is 0 Å². The summed E-state index contributed by atoms with van der Waals surface area (Å²) < 4.78 is 0. The summed E-state index contributed by atoms with van der Waals surface area (Å²) in [4.78, 5) is 11.1. The minimum Gasteiger partial charge on any atom is -0.326 e. The molecule has 0 aliphatic heterocycles. The molecule has 0 aliphatic rings. The third kappa shape index (κ3) is 2.74. The van der Waals surface area contributed by atoms with Crippen molar-refractivity contribution in [2.75, 3.05) is 11.4 Å². The second-order valence-corrected chi connectivity index (χ2v) is 4.52. The summed E-state index contributed by atoms with van der Waals surface area (Å²) in [5.41, 5.74) is 9.94. The molecular weight excluding hydrogens is 236 g/mol. The number of para-hydroxylation sites is 1. The van der Waals surface area contributed by atoms with Gasteiger partial charge in [-0.05, 0) is 32.4 Å². The number of anilines is 2. The molecule has 4 nitrogen and oxygen atoms in total. The number of nitrogens with zero attached hydrogens (tertiary/aromatic N) is 3. The highest BCUT2D eigenvalue weighted by atomic mass is 15.2. The molecule has 2 N–H and O–H groups in total. The molecule has 4 heteroatoms. The molecule has 0 unspecified atom stereocenters. The minimum atomic E-state index is 0.475. The summed E-state index contributed by atoms with van der Waals surface area (Å²) in [7, 11) is 0. The maximum absolute atomic E-state index is 5.65. The van der Waals surface area contributed by atoms with E-state index in [1.165, 1.54) is 5.56 Å². The molecule has 100 valence electrons. The third-order valence-electron chi connectivity index (χ3n) is 3.25. The molecule has 1 aromatic carbocycles. The van der Waals surface area contributed by atoms with Crippen LogP contribution in [-0.4, -0.2) is 16.5 Å². The molecule has 0 bridgehead atoms. The second kappa shape index (κ2) is 5.80. The molecule has 1 heterocycles. The first-order valence-corrected chi connectivity index (χ1v) is 6.53. The molecule has 0 atom stereocenters. The van der Waals surface area contributed by atoms with Crippen molar-refractivity contribution >= 4 is 11.6 Å². The summed E-state index contributed by atoms with van der Waals surface area (Å²) in [6.45, 7) is 7.47. The lowest BCUT2D eigenvalue weighted by Crippen LogP contribution is -2.20. The molecular formula is C15H20N4. The predicted octanol–water partition coefficient (Wildman–Crippen LogP) is 2.71. The fourth-order valence-corrected chi connectivity index (χ4v) is 2.10. The van der Waals surface area contributed by atoms with E-state index in [2.05, 4.69) is 40.8 Å². The van der Waals surface area contributed by atoms with Crippen LogP contribution in [0.1, 0.15) is 23.7 Å². The molecule has 1 aromatic heterocycles. The first kappa shape index (κ1) is 13.5. The van der Waals surface area contributed by atoms with Crippen molar-refractivity contribution < 1.29 is 0 Å². The van der Waals surface area contributed by atoms with Crippen molar-refractivity contribution in [1.82, 2.24) is 9.97 Å². The van der Waals surface area contributed by atoms with E-state index in [0.29, 0.717) is 6.54 Å². The molecule has 2 rings (SSSR count). The number of rotatable bonds is 4. The first-order chi connectivity index (χ1) is 9.17. The SMILES string of the molecule is CCN(c1ncc(CN)c(C)n1)c1ccccc1C. The van der Waals surface area contributed by atoms with Crippen molar-refractivity contribution in [3.8, 4) is 0 Å². The first-order valence-electron chi connectivity index (χ1n) is 6.53. The van der Waals surface area contributed by atoms with Gasteiger partial charge in [0.25, 0.3) is 0 Å². The van der Waals surface area contributed by atoms with Crippen LogP contribution in [0.5, 0.6) is 0 Å². The van der Waals surface area contributed by atoms with Crippen LogP contribution < -0.4 is 10.6 Å². The average molecular weight is 256 g/mol. The summed E-state index contributed by atoms with van der Waals surface area (Å²) in [5, 5.41) is 0. The normalized spacial score (nSPS) is 10.5. The van der Waals surface area contributed by atoms with Crippen LogP contribution in [0.4, 0.5) is 11.6 Å². The van der Waals surface area contributed by atoms with Crippen LogP contribution in [0.15, 0.2) is 30.5 Å². The highest BCUT2D eigenvalue weighted by Crippen LogP contribution is 2.25. The van der Waals surface area contributed by atoms with Gasteiger partial charge in [-0.15, -0.1) is 0 Å². The Morgan fingerprint density at radius 1 is 1.21 bits per heavy atom. The highest BCUT2D eigenvalue weighted by Gasteiger charge is 2.13. The van der Waals surface area contributed by atoms with Crippen molar-refractivity contribution in [3.63, 3.8) is 0 Å². The van der Waals surface area contributed by atoms with Gasteiger partial charge in [0.2, 0.25) is 5.95 Å². The zero-order valence-corrected chi connectivity index (χ0v) is 11.7. The van der Waals surface area contributed by atoms with Crippen LogP contribution in [0.25, 0.3) is 0 Å². The molecule has 0 aliphatic carbocycles. The van der Waals surface area contributed by atoms with Crippen molar-refractivity contribution in [1.29, 1.82) is 0 Å². The topological polar surface area (TPSA) is 55.0 Å². The van der Waals surface area contributed by atoms with E-state index in [9.17, 15) is 0 Å². The number of aryl methyl sites for hydroxylation is 2. The van der Waals surface area contributed by atoms with Gasteiger partial charge in [0, 0.05) is 36.2 Å². The number of aromatic nitrogens is 2. The molecule has 0 fully saturated rings. The van der Waals surface area contributed by atoms with Crippen LogP contribution >= 0.6 is 0 Å². The Bertz CT molecular complexity index is 566. The van der Waals surface area contributed by atoms with Gasteiger partial charge in [-0.1, -0.05) is 18.2 Å². The van der Waals surface area contributed by atoms with E-state index >= 15 is 0 Å². The lowest BCUT2D eigenvalue weighted by molar-refractivity contribution is 0.901. The summed E-state index contributed by atoms with van der Waals surface area (Å²) in [6, 6.07) is 8.26. The van der Waals surface area contributed by atoms with Crippen LogP contribution in [0.3, 0.4) is 0 Å². The third-order valence-corrected chi connectivity index (χ3v) is 3.25. The Labute approximate surface area is 114 Å². The minimum absolute atomic E-state index is 0.475. The van der Waals surface area contributed by atoms with Crippen LogP contribution in [0.2, 0.25) is 0 Å². The van der Waals surface area contributed by atoms with Crippen molar-refractivity contribution in [3.05, 3.63) is 47.3 Å². The van der Waals surface area contributed by atoms with Crippen molar-refractivity contribution in [2.45, 2.75) is 27.3 Å². The predicted molar refractivity (Wildman–Crippen MR) is 78.5 cm³/mol. The van der Waals surface area contributed by atoms with Crippen molar-refractivity contribution in [2.24, 2.45) is 5.73 Å². The fourth-order valence-electron chi connectivity index (χ4n) is 2.10. The van der Waals surface area contributed by atoms with E-state index in [4.69, 9.17) is 5.73 Å². The monoisotopic (exact) mass is 256 g/mol. The number of benzene rings is 1. The Balaban J connectivity index is 2.43. The number of hydrogen-bond donors (Lipinski definition) is 1. The van der Waals surface area contributed by atoms with Crippen LogP contribution in [0, 0.1) is 13.8 Å². The average Bonchev–Trinajstić information content (AvgIpc) is 2.42. The molecule has 0 radical (unpaired) electrons. The Kier molecular flexibility index (Phi) is 4.12. The van der Waals surface area contributed by atoms with E-state index in [1.54, 1.807) is 0 Å². The fraction of sp³-hybridized carbons (Fsp3) is 0.333. The van der Waals surface area contributed by atoms with Crippen LogP contribution in [-0.2, 0) is 6.54 Å². The van der Waals surface area contributed by atoms with Gasteiger partial charge in [-0.2, -0.15) is 0 Å². The standard InChI is InChI=1S/C15H20N4/c1-4-19(14-8-6-5-7-11(14)2)15-17-10-13(9-16)12(3)18-15/h5-8,10H,4,9,16H2,1-3H3. The molecule has 2 aromatic rings. The summed E-state index contributed by atoms with van der Waals surface area (Å²) in [6.07, 6.45) is 1.82.